The highest BCUT2D eigenvalue weighted by molar-refractivity contribution is 9.10. The molecule has 0 unspecified atom stereocenters. The Morgan fingerprint density at radius 2 is 2.19 bits per heavy atom. The van der Waals surface area contributed by atoms with E-state index in [4.69, 9.17) is 4.74 Å². The summed E-state index contributed by atoms with van der Waals surface area (Å²) < 4.78 is 8.96. The maximum Gasteiger partial charge on any atom is 0.130 e. The standard InChI is InChI=1S/C16H20BrN3O/c1-11-7-15(20(2)19-11)10-21-16-6-3-13(17)8-12(16)9-18-14-4-5-14/h3,6-8,14,18H,4-5,9-10H2,1-2H3. The zero-order valence-corrected chi connectivity index (χ0v) is 14.0. The molecule has 0 radical (unpaired) electrons. The normalized spacial score (nSPS) is 14.4. The van der Waals surface area contributed by atoms with Crippen molar-refractivity contribution < 1.29 is 4.74 Å². The molecule has 2 aromatic rings. The molecule has 4 nitrogen and oxygen atoms in total. The molecule has 21 heavy (non-hydrogen) atoms. The van der Waals surface area contributed by atoms with Crippen LogP contribution in [0.1, 0.15) is 29.8 Å². The van der Waals surface area contributed by atoms with E-state index in [2.05, 4.69) is 38.5 Å². The molecule has 0 spiro atoms. The van der Waals surface area contributed by atoms with Crippen LogP contribution in [0.3, 0.4) is 0 Å². The van der Waals surface area contributed by atoms with Crippen LogP contribution in [-0.4, -0.2) is 15.8 Å². The van der Waals surface area contributed by atoms with E-state index in [1.54, 1.807) is 0 Å². The van der Waals surface area contributed by atoms with Crippen molar-refractivity contribution in [1.29, 1.82) is 0 Å². The Hall–Kier alpha value is -1.33. The van der Waals surface area contributed by atoms with E-state index in [0.29, 0.717) is 12.6 Å². The van der Waals surface area contributed by atoms with Gasteiger partial charge in [-0.2, -0.15) is 5.10 Å². The fourth-order valence-electron chi connectivity index (χ4n) is 2.32. The Labute approximate surface area is 133 Å². The molecule has 1 aromatic carbocycles. The Bertz CT molecular complexity index is 634. The molecule has 112 valence electrons. The van der Waals surface area contributed by atoms with Crippen LogP contribution in [0.4, 0.5) is 0 Å². The third-order valence-electron chi connectivity index (χ3n) is 3.66. The van der Waals surface area contributed by atoms with Gasteiger partial charge in [0.1, 0.15) is 12.4 Å². The predicted molar refractivity (Wildman–Crippen MR) is 86.3 cm³/mol. The van der Waals surface area contributed by atoms with Gasteiger partial charge in [0.25, 0.3) is 0 Å². The summed E-state index contributed by atoms with van der Waals surface area (Å²) in [5.74, 6) is 0.935. The molecule has 0 amide bonds. The molecular weight excluding hydrogens is 330 g/mol. The maximum absolute atomic E-state index is 6.00. The van der Waals surface area contributed by atoms with Crippen molar-refractivity contribution in [2.75, 3.05) is 0 Å². The van der Waals surface area contributed by atoms with E-state index < -0.39 is 0 Å². The topological polar surface area (TPSA) is 39.1 Å². The number of benzene rings is 1. The third kappa shape index (κ3) is 3.86. The van der Waals surface area contributed by atoms with Gasteiger partial charge in [-0.25, -0.2) is 0 Å². The van der Waals surface area contributed by atoms with E-state index >= 15 is 0 Å². The van der Waals surface area contributed by atoms with Crippen molar-refractivity contribution in [1.82, 2.24) is 15.1 Å². The number of ether oxygens (including phenoxy) is 1. The first-order chi connectivity index (χ1) is 10.1. The zero-order valence-electron chi connectivity index (χ0n) is 12.4. The number of halogens is 1. The summed E-state index contributed by atoms with van der Waals surface area (Å²) in [6.45, 7) is 3.38. The predicted octanol–water partition coefficient (Wildman–Crippen LogP) is 3.32. The zero-order chi connectivity index (χ0) is 14.8. The molecule has 1 aliphatic rings. The first-order valence-electron chi connectivity index (χ1n) is 7.26. The first-order valence-corrected chi connectivity index (χ1v) is 8.05. The number of aromatic nitrogens is 2. The Balaban J connectivity index is 1.69. The van der Waals surface area contributed by atoms with Crippen molar-refractivity contribution in [3.8, 4) is 5.75 Å². The van der Waals surface area contributed by atoms with Crippen LogP contribution in [0, 0.1) is 6.92 Å². The van der Waals surface area contributed by atoms with Gasteiger partial charge >= 0.3 is 0 Å². The molecule has 5 heteroatoms. The second-order valence-corrected chi connectivity index (χ2v) is 6.51. The second-order valence-electron chi connectivity index (χ2n) is 5.60. The largest absolute Gasteiger partial charge is 0.487 e. The fourth-order valence-corrected chi connectivity index (χ4v) is 2.73. The van der Waals surface area contributed by atoms with Crippen LogP contribution >= 0.6 is 15.9 Å². The number of nitrogens with one attached hydrogen (secondary N) is 1. The number of rotatable bonds is 6. The van der Waals surface area contributed by atoms with Crippen LogP contribution in [-0.2, 0) is 20.2 Å². The van der Waals surface area contributed by atoms with Gasteiger partial charge in [-0.15, -0.1) is 0 Å². The number of hydrogen-bond donors (Lipinski definition) is 1. The molecule has 1 fully saturated rings. The SMILES string of the molecule is Cc1cc(COc2ccc(Br)cc2CNC2CC2)n(C)n1. The van der Waals surface area contributed by atoms with E-state index in [1.807, 2.05) is 30.8 Å². The van der Waals surface area contributed by atoms with Crippen LogP contribution < -0.4 is 10.1 Å². The molecule has 0 aliphatic heterocycles. The average Bonchev–Trinajstić information content (AvgIpc) is 3.21. The van der Waals surface area contributed by atoms with Crippen LogP contribution in [0.2, 0.25) is 0 Å². The number of nitrogens with zero attached hydrogens (tertiary/aromatic N) is 2. The van der Waals surface area contributed by atoms with Gasteiger partial charge in [-0.05, 0) is 44.0 Å². The van der Waals surface area contributed by atoms with Crippen molar-refractivity contribution >= 4 is 15.9 Å². The maximum atomic E-state index is 6.00. The van der Waals surface area contributed by atoms with Gasteiger partial charge in [0.05, 0.1) is 11.4 Å². The Kier molecular flexibility index (Phi) is 4.31. The van der Waals surface area contributed by atoms with Crippen LogP contribution in [0.15, 0.2) is 28.7 Å². The van der Waals surface area contributed by atoms with Gasteiger partial charge in [-0.1, -0.05) is 15.9 Å². The molecule has 1 aromatic heterocycles. The molecule has 0 saturated heterocycles. The summed E-state index contributed by atoms with van der Waals surface area (Å²) in [6, 6.07) is 8.92. The summed E-state index contributed by atoms with van der Waals surface area (Å²) >= 11 is 3.53. The van der Waals surface area contributed by atoms with Crippen LogP contribution in [0.25, 0.3) is 0 Å². The van der Waals surface area contributed by atoms with E-state index in [-0.39, 0.29) is 0 Å². The summed E-state index contributed by atoms with van der Waals surface area (Å²) in [4.78, 5) is 0. The summed E-state index contributed by atoms with van der Waals surface area (Å²) in [7, 11) is 1.95. The van der Waals surface area contributed by atoms with Crippen molar-refractivity contribution in [2.24, 2.45) is 7.05 Å². The van der Waals surface area contributed by atoms with Crippen molar-refractivity contribution in [3.05, 3.63) is 45.7 Å². The van der Waals surface area contributed by atoms with Crippen molar-refractivity contribution in [2.45, 2.75) is 39.0 Å². The minimum atomic E-state index is 0.537. The quantitative estimate of drug-likeness (QED) is 0.869. The molecule has 3 rings (SSSR count). The smallest absolute Gasteiger partial charge is 0.130 e. The molecule has 1 heterocycles. The Morgan fingerprint density at radius 1 is 1.38 bits per heavy atom. The van der Waals surface area contributed by atoms with Crippen LogP contribution in [0.5, 0.6) is 5.75 Å². The minimum absolute atomic E-state index is 0.537. The lowest BCUT2D eigenvalue weighted by atomic mass is 10.2. The lowest BCUT2D eigenvalue weighted by molar-refractivity contribution is 0.291. The van der Waals surface area contributed by atoms with Gasteiger partial charge < -0.3 is 10.1 Å². The Morgan fingerprint density at radius 3 is 2.86 bits per heavy atom. The van der Waals surface area contributed by atoms with Gasteiger partial charge in [0.2, 0.25) is 0 Å². The van der Waals surface area contributed by atoms with Crippen molar-refractivity contribution in [3.63, 3.8) is 0 Å². The average molecular weight is 350 g/mol. The fraction of sp³-hybridized carbons (Fsp3) is 0.438. The lowest BCUT2D eigenvalue weighted by Gasteiger charge is -2.13. The molecular formula is C16H20BrN3O. The molecule has 1 saturated carbocycles. The van der Waals surface area contributed by atoms with E-state index in [0.717, 1.165) is 28.2 Å². The lowest BCUT2D eigenvalue weighted by Crippen LogP contribution is -2.16. The molecule has 1 aliphatic carbocycles. The monoisotopic (exact) mass is 349 g/mol. The van der Waals surface area contributed by atoms with E-state index in [9.17, 15) is 0 Å². The first kappa shape index (κ1) is 14.6. The van der Waals surface area contributed by atoms with Gasteiger partial charge in [0.15, 0.2) is 0 Å². The highest BCUT2D eigenvalue weighted by Gasteiger charge is 2.20. The summed E-state index contributed by atoms with van der Waals surface area (Å²) in [5.41, 5.74) is 3.29. The minimum Gasteiger partial charge on any atom is -0.487 e. The van der Waals surface area contributed by atoms with Gasteiger partial charge in [0, 0.05) is 29.7 Å². The molecule has 0 bridgehead atoms. The highest BCUT2D eigenvalue weighted by Crippen LogP contribution is 2.26. The number of hydrogen-bond acceptors (Lipinski definition) is 3. The summed E-state index contributed by atoms with van der Waals surface area (Å²) in [6.07, 6.45) is 2.58. The summed E-state index contributed by atoms with van der Waals surface area (Å²) in [5, 5.41) is 7.88. The second kappa shape index (κ2) is 6.20. The highest BCUT2D eigenvalue weighted by atomic mass is 79.9. The molecule has 1 N–H and O–H groups in total. The third-order valence-corrected chi connectivity index (χ3v) is 4.15. The number of aryl methyl sites for hydroxylation is 2. The molecule has 0 atom stereocenters. The van der Waals surface area contributed by atoms with Gasteiger partial charge in [-0.3, -0.25) is 4.68 Å². The van der Waals surface area contributed by atoms with E-state index in [1.165, 1.54) is 18.4 Å².